The third-order valence-electron chi connectivity index (χ3n) is 6.85. The first-order valence-corrected chi connectivity index (χ1v) is 15.1. The summed E-state index contributed by atoms with van der Waals surface area (Å²) >= 11 is 0. The summed E-state index contributed by atoms with van der Waals surface area (Å²) < 4.78 is 82.0. The van der Waals surface area contributed by atoms with Gasteiger partial charge in [0.2, 0.25) is 5.88 Å². The second-order valence-electron chi connectivity index (χ2n) is 11.1. The first-order chi connectivity index (χ1) is 20.8. The minimum absolute atomic E-state index is 0.119. The standard InChI is InChI=1S/C30H30F3N5O5S/c1-30(2,3)43-29(39)38-11-9-37(10-12-38)25-7-8-34-27-21(25)13-18(14-23(27)33)19-15-24(28(42-4)35-17-19)36-44(40,41)26-6-5-20(31)16-22(26)32/h5-8,13-17,36H,9-12H2,1-4H3. The van der Waals surface area contributed by atoms with E-state index >= 15 is 4.39 Å². The Hall–Kier alpha value is -4.59. The molecule has 1 amide bonds. The first-order valence-electron chi connectivity index (χ1n) is 13.6. The van der Waals surface area contributed by atoms with Crippen LogP contribution in [0.1, 0.15) is 20.8 Å². The molecule has 0 spiro atoms. The van der Waals surface area contributed by atoms with Gasteiger partial charge in [-0.05, 0) is 62.7 Å². The minimum atomic E-state index is -4.52. The number of pyridine rings is 2. The number of carbonyl (C=O) groups is 1. The number of anilines is 2. The normalized spacial score (nSPS) is 14.1. The average Bonchev–Trinajstić information content (AvgIpc) is 2.95. The van der Waals surface area contributed by atoms with E-state index in [-0.39, 0.29) is 17.1 Å². The number of ether oxygens (including phenoxy) is 2. The van der Waals surface area contributed by atoms with E-state index in [9.17, 15) is 22.0 Å². The van der Waals surface area contributed by atoms with Gasteiger partial charge in [-0.25, -0.2) is 31.4 Å². The van der Waals surface area contributed by atoms with Crippen LogP contribution in [0, 0.1) is 17.5 Å². The molecule has 0 unspecified atom stereocenters. The van der Waals surface area contributed by atoms with Crippen molar-refractivity contribution in [3.05, 3.63) is 72.3 Å². The molecule has 2 aromatic carbocycles. The predicted molar refractivity (Wildman–Crippen MR) is 159 cm³/mol. The molecule has 0 radical (unpaired) electrons. The van der Waals surface area contributed by atoms with E-state index < -0.39 is 44.1 Å². The van der Waals surface area contributed by atoms with Crippen LogP contribution < -0.4 is 14.4 Å². The summed E-state index contributed by atoms with van der Waals surface area (Å²) in [7, 11) is -3.24. The van der Waals surface area contributed by atoms with Gasteiger partial charge in [0.1, 0.15) is 39.2 Å². The number of benzene rings is 2. The smallest absolute Gasteiger partial charge is 0.410 e. The Labute approximate surface area is 252 Å². The van der Waals surface area contributed by atoms with Crippen LogP contribution in [0.15, 0.2) is 59.8 Å². The van der Waals surface area contributed by atoms with E-state index in [0.717, 1.165) is 12.1 Å². The number of hydrogen-bond acceptors (Lipinski definition) is 8. The lowest BCUT2D eigenvalue weighted by molar-refractivity contribution is 0.0240. The number of methoxy groups -OCH3 is 1. The highest BCUT2D eigenvalue weighted by Crippen LogP contribution is 2.35. The molecule has 0 saturated carbocycles. The Morgan fingerprint density at radius 2 is 1.66 bits per heavy atom. The molecule has 0 atom stereocenters. The molecule has 3 heterocycles. The molecule has 2 aromatic heterocycles. The van der Waals surface area contributed by atoms with Gasteiger partial charge in [-0.2, -0.15) is 0 Å². The highest BCUT2D eigenvalue weighted by Gasteiger charge is 2.27. The second kappa shape index (κ2) is 11.8. The second-order valence-corrected chi connectivity index (χ2v) is 12.8. The van der Waals surface area contributed by atoms with Crippen molar-refractivity contribution in [2.75, 3.05) is 42.9 Å². The Morgan fingerprint density at radius 3 is 2.32 bits per heavy atom. The quantitative estimate of drug-likeness (QED) is 0.294. The van der Waals surface area contributed by atoms with Crippen LogP contribution >= 0.6 is 0 Å². The van der Waals surface area contributed by atoms with Crippen LogP contribution in [0.2, 0.25) is 0 Å². The average molecular weight is 630 g/mol. The van der Waals surface area contributed by atoms with Crippen LogP contribution in [0.3, 0.4) is 0 Å². The number of rotatable bonds is 6. The highest BCUT2D eigenvalue weighted by atomic mass is 32.2. The zero-order valence-electron chi connectivity index (χ0n) is 24.4. The Morgan fingerprint density at radius 1 is 0.932 bits per heavy atom. The molecule has 232 valence electrons. The van der Waals surface area contributed by atoms with Crippen molar-refractivity contribution in [2.45, 2.75) is 31.3 Å². The van der Waals surface area contributed by atoms with Crippen molar-refractivity contribution in [2.24, 2.45) is 0 Å². The van der Waals surface area contributed by atoms with E-state index in [1.807, 2.05) is 4.90 Å². The number of hydrogen-bond donors (Lipinski definition) is 1. The van der Waals surface area contributed by atoms with E-state index in [1.54, 1.807) is 37.8 Å². The van der Waals surface area contributed by atoms with Crippen molar-refractivity contribution in [1.82, 2.24) is 14.9 Å². The van der Waals surface area contributed by atoms with Gasteiger partial charge < -0.3 is 19.3 Å². The van der Waals surface area contributed by atoms with E-state index in [4.69, 9.17) is 9.47 Å². The summed E-state index contributed by atoms with van der Waals surface area (Å²) in [5.74, 6) is -2.94. The van der Waals surface area contributed by atoms with Crippen molar-refractivity contribution in [3.63, 3.8) is 0 Å². The highest BCUT2D eigenvalue weighted by molar-refractivity contribution is 7.92. The summed E-state index contributed by atoms with van der Waals surface area (Å²) in [5.41, 5.74) is 0.771. The Bertz CT molecular complexity index is 1840. The maximum atomic E-state index is 15.4. The first kappa shape index (κ1) is 30.9. The fourth-order valence-electron chi connectivity index (χ4n) is 4.84. The van der Waals surface area contributed by atoms with Gasteiger partial charge in [0.25, 0.3) is 10.0 Å². The number of nitrogens with one attached hydrogen (secondary N) is 1. The maximum absolute atomic E-state index is 15.4. The van der Waals surface area contributed by atoms with Crippen LogP contribution in [-0.2, 0) is 14.8 Å². The number of piperazine rings is 1. The number of nitrogens with zero attached hydrogens (tertiary/aromatic N) is 4. The molecule has 1 saturated heterocycles. The molecule has 5 rings (SSSR count). The van der Waals surface area contributed by atoms with Crippen LogP contribution in [-0.4, -0.2) is 68.3 Å². The fourth-order valence-corrected chi connectivity index (χ4v) is 5.94. The molecule has 0 bridgehead atoms. The van der Waals surface area contributed by atoms with Crippen molar-refractivity contribution in [1.29, 1.82) is 0 Å². The monoisotopic (exact) mass is 629 g/mol. The molecule has 1 aliphatic heterocycles. The lowest BCUT2D eigenvalue weighted by atomic mass is 10.0. The third-order valence-corrected chi connectivity index (χ3v) is 8.25. The lowest BCUT2D eigenvalue weighted by Crippen LogP contribution is -2.50. The van der Waals surface area contributed by atoms with E-state index in [2.05, 4.69) is 14.7 Å². The number of fused-ring (bicyclic) bond motifs is 1. The Kier molecular flexibility index (Phi) is 8.30. The van der Waals surface area contributed by atoms with Crippen LogP contribution in [0.25, 0.3) is 22.0 Å². The lowest BCUT2D eigenvalue weighted by Gasteiger charge is -2.37. The largest absolute Gasteiger partial charge is 0.480 e. The number of carbonyl (C=O) groups excluding carboxylic acids is 1. The molecular weight excluding hydrogens is 599 g/mol. The summed E-state index contributed by atoms with van der Waals surface area (Å²) in [6, 6.07) is 8.19. The fraction of sp³-hybridized carbons (Fsp3) is 0.300. The number of aromatic nitrogens is 2. The summed E-state index contributed by atoms with van der Waals surface area (Å²) in [6.45, 7) is 7.16. The molecule has 44 heavy (non-hydrogen) atoms. The van der Waals surface area contributed by atoms with Gasteiger partial charge in [-0.15, -0.1) is 0 Å². The summed E-state index contributed by atoms with van der Waals surface area (Å²) in [5, 5.41) is 0.500. The molecule has 1 fully saturated rings. The van der Waals surface area contributed by atoms with Crippen molar-refractivity contribution in [3.8, 4) is 17.0 Å². The molecule has 4 aromatic rings. The van der Waals surface area contributed by atoms with Gasteiger partial charge in [-0.1, -0.05) is 0 Å². The zero-order valence-corrected chi connectivity index (χ0v) is 25.2. The van der Waals surface area contributed by atoms with Crippen molar-refractivity contribution >= 4 is 38.4 Å². The number of halogens is 3. The minimum Gasteiger partial charge on any atom is -0.480 e. The molecule has 0 aliphatic carbocycles. The van der Waals surface area contributed by atoms with Gasteiger partial charge in [0.05, 0.1) is 7.11 Å². The van der Waals surface area contributed by atoms with Gasteiger partial charge in [-0.3, -0.25) is 9.71 Å². The zero-order chi connectivity index (χ0) is 31.8. The molecule has 1 aliphatic rings. The number of amides is 1. The summed E-state index contributed by atoms with van der Waals surface area (Å²) in [6.07, 6.45) is 2.49. The van der Waals surface area contributed by atoms with Gasteiger partial charge in [0, 0.05) is 61.3 Å². The topological polar surface area (TPSA) is 114 Å². The Balaban J connectivity index is 1.47. The maximum Gasteiger partial charge on any atom is 0.410 e. The van der Waals surface area contributed by atoms with E-state index in [1.165, 1.54) is 31.6 Å². The SMILES string of the molecule is COc1ncc(-c2cc(F)c3nccc(N4CCN(C(=O)OC(C)(C)C)CC4)c3c2)cc1NS(=O)(=O)c1ccc(F)cc1F. The van der Waals surface area contributed by atoms with E-state index in [0.29, 0.717) is 54.4 Å². The van der Waals surface area contributed by atoms with Gasteiger partial charge >= 0.3 is 6.09 Å². The number of sulfonamides is 1. The molecular formula is C30H30F3N5O5S. The molecule has 10 nitrogen and oxygen atoms in total. The predicted octanol–water partition coefficient (Wildman–Crippen LogP) is 5.58. The van der Waals surface area contributed by atoms with Crippen LogP contribution in [0.5, 0.6) is 5.88 Å². The van der Waals surface area contributed by atoms with Gasteiger partial charge in [0.15, 0.2) is 0 Å². The van der Waals surface area contributed by atoms with Crippen molar-refractivity contribution < 1.29 is 35.9 Å². The molecule has 14 heteroatoms. The van der Waals surface area contributed by atoms with Crippen LogP contribution in [0.4, 0.5) is 29.3 Å². The summed E-state index contributed by atoms with van der Waals surface area (Å²) in [4.78, 5) is 23.8. The third kappa shape index (κ3) is 6.49. The molecule has 1 N–H and O–H groups in total.